The third-order valence-electron chi connectivity index (χ3n) is 2.81. The van der Waals surface area contributed by atoms with Gasteiger partial charge in [0.2, 0.25) is 0 Å². The number of hydrogen-bond acceptors (Lipinski definition) is 6. The van der Waals surface area contributed by atoms with Crippen LogP contribution in [0.4, 0.5) is 11.4 Å². The monoisotopic (exact) mass is 281 g/mol. The topological polar surface area (TPSA) is 62.8 Å². The SMILES string of the molecule is CNc1cc(C(=O)OC(C)C)cc(OC)c1N(C)NC. The van der Waals surface area contributed by atoms with Crippen molar-refractivity contribution in [1.82, 2.24) is 5.43 Å². The van der Waals surface area contributed by atoms with Crippen LogP contribution in [0, 0.1) is 0 Å². The number of esters is 1. The van der Waals surface area contributed by atoms with Crippen molar-refractivity contribution in [3.8, 4) is 5.75 Å². The third-order valence-corrected chi connectivity index (χ3v) is 2.81. The van der Waals surface area contributed by atoms with Crippen LogP contribution < -0.4 is 20.5 Å². The number of hydrazine groups is 1. The van der Waals surface area contributed by atoms with Gasteiger partial charge >= 0.3 is 5.97 Å². The Morgan fingerprint density at radius 3 is 2.40 bits per heavy atom. The smallest absolute Gasteiger partial charge is 0.338 e. The van der Waals surface area contributed by atoms with E-state index in [1.807, 2.05) is 25.9 Å². The van der Waals surface area contributed by atoms with E-state index in [1.54, 1.807) is 33.3 Å². The van der Waals surface area contributed by atoms with Crippen LogP contribution in [-0.2, 0) is 4.74 Å². The first-order valence-electron chi connectivity index (χ1n) is 6.46. The Kier molecular flexibility index (Phi) is 5.64. The van der Waals surface area contributed by atoms with Crippen LogP contribution in [-0.4, -0.2) is 40.3 Å². The van der Waals surface area contributed by atoms with E-state index in [0.717, 1.165) is 11.4 Å². The molecule has 0 aromatic heterocycles. The van der Waals surface area contributed by atoms with E-state index in [9.17, 15) is 4.79 Å². The zero-order chi connectivity index (χ0) is 15.3. The zero-order valence-electron chi connectivity index (χ0n) is 12.9. The van der Waals surface area contributed by atoms with Gasteiger partial charge in [0.25, 0.3) is 0 Å². The van der Waals surface area contributed by atoms with Crippen LogP contribution in [0.1, 0.15) is 24.2 Å². The van der Waals surface area contributed by atoms with E-state index >= 15 is 0 Å². The first kappa shape index (κ1) is 16.1. The van der Waals surface area contributed by atoms with Crippen molar-refractivity contribution < 1.29 is 14.3 Å². The predicted octanol–water partition coefficient (Wildman–Crippen LogP) is 1.87. The van der Waals surface area contributed by atoms with Gasteiger partial charge in [-0.3, -0.25) is 0 Å². The molecule has 0 fully saturated rings. The number of hydrogen-bond donors (Lipinski definition) is 2. The maximum absolute atomic E-state index is 12.0. The molecule has 1 aromatic rings. The largest absolute Gasteiger partial charge is 0.494 e. The number of benzene rings is 1. The summed E-state index contributed by atoms with van der Waals surface area (Å²) in [5, 5.41) is 4.87. The molecule has 0 radical (unpaired) electrons. The Hall–Kier alpha value is -1.95. The molecule has 6 heteroatoms. The van der Waals surface area contributed by atoms with Crippen molar-refractivity contribution in [2.24, 2.45) is 0 Å². The number of nitrogens with one attached hydrogen (secondary N) is 2. The van der Waals surface area contributed by atoms with Crippen molar-refractivity contribution in [3.63, 3.8) is 0 Å². The highest BCUT2D eigenvalue weighted by Crippen LogP contribution is 2.36. The van der Waals surface area contributed by atoms with Crippen LogP contribution in [0.15, 0.2) is 12.1 Å². The average Bonchev–Trinajstić information content (AvgIpc) is 2.43. The van der Waals surface area contributed by atoms with Crippen molar-refractivity contribution in [3.05, 3.63) is 17.7 Å². The number of carbonyl (C=O) groups excluding carboxylic acids is 1. The highest BCUT2D eigenvalue weighted by molar-refractivity contribution is 5.94. The molecule has 0 saturated heterocycles. The van der Waals surface area contributed by atoms with Crippen molar-refractivity contribution in [2.75, 3.05) is 38.6 Å². The van der Waals surface area contributed by atoms with Gasteiger partial charge in [0.1, 0.15) is 11.4 Å². The molecule has 112 valence electrons. The van der Waals surface area contributed by atoms with Gasteiger partial charge in [0, 0.05) is 21.1 Å². The summed E-state index contributed by atoms with van der Waals surface area (Å²) in [6.45, 7) is 3.63. The van der Waals surface area contributed by atoms with E-state index in [1.165, 1.54) is 0 Å². The van der Waals surface area contributed by atoms with Gasteiger partial charge in [-0.25, -0.2) is 10.2 Å². The minimum atomic E-state index is -0.367. The zero-order valence-corrected chi connectivity index (χ0v) is 12.9. The summed E-state index contributed by atoms with van der Waals surface area (Å²) in [6.07, 6.45) is -0.161. The van der Waals surface area contributed by atoms with E-state index in [-0.39, 0.29) is 12.1 Å². The lowest BCUT2D eigenvalue weighted by molar-refractivity contribution is 0.0377. The Morgan fingerprint density at radius 1 is 1.30 bits per heavy atom. The van der Waals surface area contributed by atoms with Crippen LogP contribution >= 0.6 is 0 Å². The van der Waals surface area contributed by atoms with Crippen molar-refractivity contribution in [2.45, 2.75) is 20.0 Å². The molecule has 0 heterocycles. The standard InChI is InChI=1S/C14H23N3O3/c1-9(2)20-14(18)10-7-11(15-3)13(17(5)16-4)12(8-10)19-6/h7-9,15-16H,1-6H3. The molecule has 2 N–H and O–H groups in total. The van der Waals surface area contributed by atoms with Crippen LogP contribution in [0.3, 0.4) is 0 Å². The van der Waals surface area contributed by atoms with E-state index in [0.29, 0.717) is 11.3 Å². The van der Waals surface area contributed by atoms with Gasteiger partial charge in [-0.1, -0.05) is 0 Å². The molecule has 0 aliphatic rings. The maximum atomic E-state index is 12.0. The quantitative estimate of drug-likeness (QED) is 0.613. The molecule has 1 rings (SSSR count). The molecular weight excluding hydrogens is 258 g/mol. The van der Waals surface area contributed by atoms with Crippen LogP contribution in [0.5, 0.6) is 5.75 Å². The number of methoxy groups -OCH3 is 1. The summed E-state index contributed by atoms with van der Waals surface area (Å²) in [7, 11) is 7.03. The Morgan fingerprint density at radius 2 is 1.95 bits per heavy atom. The Bertz CT molecular complexity index is 450. The fraction of sp³-hybridized carbons (Fsp3) is 0.500. The van der Waals surface area contributed by atoms with Crippen LogP contribution in [0.2, 0.25) is 0 Å². The molecule has 0 atom stereocenters. The molecule has 0 saturated carbocycles. The highest BCUT2D eigenvalue weighted by Gasteiger charge is 2.18. The highest BCUT2D eigenvalue weighted by atomic mass is 16.5. The third kappa shape index (κ3) is 3.54. The molecule has 0 bridgehead atoms. The van der Waals surface area contributed by atoms with E-state index in [4.69, 9.17) is 9.47 Å². The summed E-state index contributed by atoms with van der Waals surface area (Å²) in [6, 6.07) is 3.42. The Labute approximate surface area is 120 Å². The number of nitrogens with zero attached hydrogens (tertiary/aromatic N) is 1. The normalized spacial score (nSPS) is 10.3. The molecule has 0 spiro atoms. The summed E-state index contributed by atoms with van der Waals surface area (Å²) in [5.41, 5.74) is 5.05. The Balaban J connectivity index is 3.28. The lowest BCUT2D eigenvalue weighted by atomic mass is 10.1. The van der Waals surface area contributed by atoms with E-state index in [2.05, 4.69) is 10.7 Å². The number of ether oxygens (including phenoxy) is 2. The first-order chi connectivity index (χ1) is 9.44. The fourth-order valence-electron chi connectivity index (χ4n) is 1.81. The second kappa shape index (κ2) is 7.00. The number of rotatable bonds is 6. The maximum Gasteiger partial charge on any atom is 0.338 e. The minimum Gasteiger partial charge on any atom is -0.494 e. The molecule has 1 aromatic carbocycles. The number of anilines is 2. The predicted molar refractivity (Wildman–Crippen MR) is 80.6 cm³/mol. The fourth-order valence-corrected chi connectivity index (χ4v) is 1.81. The molecule has 20 heavy (non-hydrogen) atoms. The molecule has 0 aliphatic carbocycles. The summed E-state index contributed by atoms with van der Waals surface area (Å²) >= 11 is 0. The van der Waals surface area contributed by atoms with Gasteiger partial charge in [0.05, 0.1) is 24.5 Å². The average molecular weight is 281 g/mol. The first-order valence-corrected chi connectivity index (χ1v) is 6.46. The van der Waals surface area contributed by atoms with Crippen molar-refractivity contribution in [1.29, 1.82) is 0 Å². The lowest BCUT2D eigenvalue weighted by Gasteiger charge is -2.24. The van der Waals surface area contributed by atoms with Gasteiger partial charge in [0.15, 0.2) is 0 Å². The second-order valence-corrected chi connectivity index (χ2v) is 4.56. The summed E-state index contributed by atoms with van der Waals surface area (Å²) in [4.78, 5) is 12.0. The molecule has 0 aliphatic heterocycles. The van der Waals surface area contributed by atoms with Gasteiger partial charge in [-0.2, -0.15) is 0 Å². The summed E-state index contributed by atoms with van der Waals surface area (Å²) in [5.74, 6) is 0.220. The van der Waals surface area contributed by atoms with Gasteiger partial charge < -0.3 is 19.8 Å². The van der Waals surface area contributed by atoms with Gasteiger partial charge in [-0.05, 0) is 26.0 Å². The minimum absolute atomic E-state index is 0.161. The second-order valence-electron chi connectivity index (χ2n) is 4.56. The lowest BCUT2D eigenvalue weighted by Crippen LogP contribution is -2.31. The number of carbonyl (C=O) groups is 1. The molecule has 6 nitrogen and oxygen atoms in total. The molecule has 0 amide bonds. The van der Waals surface area contributed by atoms with Gasteiger partial charge in [-0.15, -0.1) is 0 Å². The molecular formula is C14H23N3O3. The van der Waals surface area contributed by atoms with Crippen LogP contribution in [0.25, 0.3) is 0 Å². The summed E-state index contributed by atoms with van der Waals surface area (Å²) < 4.78 is 10.6. The van der Waals surface area contributed by atoms with Crippen molar-refractivity contribution >= 4 is 17.3 Å². The molecule has 0 unspecified atom stereocenters. The van der Waals surface area contributed by atoms with E-state index < -0.39 is 0 Å².